The molecule has 5 rings (SSSR count). The lowest BCUT2D eigenvalue weighted by Gasteiger charge is -2.13. The molecule has 3 aromatic carbocycles. The van der Waals surface area contributed by atoms with Gasteiger partial charge in [0.05, 0.1) is 16.6 Å². The predicted molar refractivity (Wildman–Crippen MR) is 114 cm³/mol. The lowest BCUT2D eigenvalue weighted by molar-refractivity contribution is 0.174. The van der Waals surface area contributed by atoms with Crippen molar-refractivity contribution in [2.24, 2.45) is 0 Å². The van der Waals surface area contributed by atoms with E-state index >= 15 is 0 Å². The molecule has 0 fully saturated rings. The lowest BCUT2D eigenvalue weighted by atomic mass is 10.1. The molecule has 0 amide bonds. The summed E-state index contributed by atoms with van der Waals surface area (Å²) in [5.74, 6) is 2.03. The molecule has 0 spiro atoms. The minimum atomic E-state index is -0.0877. The summed E-state index contributed by atoms with van der Waals surface area (Å²) < 4.78 is 12.5. The summed E-state index contributed by atoms with van der Waals surface area (Å²) in [5, 5.41) is 0.594. The SMILES string of the molecule is Cc1ccccc1-n1c(C=Cc2ccc3c(c2)OCO3)nc2ccccc2c1=O. The number of fused-ring (bicyclic) bond motifs is 2. The molecule has 1 aliphatic rings. The van der Waals surface area contributed by atoms with Gasteiger partial charge in [-0.25, -0.2) is 4.98 Å². The Morgan fingerprint density at radius 1 is 0.931 bits per heavy atom. The molecule has 1 aliphatic heterocycles. The number of aryl methyl sites for hydroxylation is 1. The largest absolute Gasteiger partial charge is 0.454 e. The summed E-state index contributed by atoms with van der Waals surface area (Å²) in [7, 11) is 0. The molecule has 0 saturated heterocycles. The predicted octanol–water partition coefficient (Wildman–Crippen LogP) is 4.59. The van der Waals surface area contributed by atoms with Crippen LogP contribution in [0.4, 0.5) is 0 Å². The summed E-state index contributed by atoms with van der Waals surface area (Å²) in [6, 6.07) is 21.0. The van der Waals surface area contributed by atoms with Crippen LogP contribution in [0.3, 0.4) is 0 Å². The van der Waals surface area contributed by atoms with E-state index in [4.69, 9.17) is 14.5 Å². The van der Waals surface area contributed by atoms with Crippen LogP contribution in [0.5, 0.6) is 11.5 Å². The van der Waals surface area contributed by atoms with Crippen molar-refractivity contribution in [3.8, 4) is 17.2 Å². The number of nitrogens with zero attached hydrogens (tertiary/aromatic N) is 2. The van der Waals surface area contributed by atoms with E-state index in [1.54, 1.807) is 4.57 Å². The average Bonchev–Trinajstić information content (AvgIpc) is 3.21. The van der Waals surface area contributed by atoms with Crippen LogP contribution in [-0.4, -0.2) is 16.3 Å². The van der Waals surface area contributed by atoms with Crippen molar-refractivity contribution in [2.45, 2.75) is 6.92 Å². The van der Waals surface area contributed by atoms with Crippen molar-refractivity contribution in [3.05, 3.63) is 94.0 Å². The maximum absolute atomic E-state index is 13.3. The Hall–Kier alpha value is -3.86. The van der Waals surface area contributed by atoms with E-state index < -0.39 is 0 Å². The number of para-hydroxylation sites is 2. The fraction of sp³-hybridized carbons (Fsp3) is 0.0833. The Labute approximate surface area is 167 Å². The highest BCUT2D eigenvalue weighted by molar-refractivity contribution is 5.80. The van der Waals surface area contributed by atoms with Gasteiger partial charge in [-0.1, -0.05) is 42.5 Å². The molecule has 29 heavy (non-hydrogen) atoms. The second-order valence-corrected chi connectivity index (χ2v) is 6.86. The first-order valence-corrected chi connectivity index (χ1v) is 9.36. The maximum Gasteiger partial charge on any atom is 0.266 e. The summed E-state index contributed by atoms with van der Waals surface area (Å²) in [5.41, 5.74) is 3.35. The molecule has 0 N–H and O–H groups in total. The normalized spacial score (nSPS) is 12.7. The standard InChI is InChI=1S/C24H18N2O3/c1-16-6-2-5-9-20(16)26-23(25-19-8-4-3-7-18(19)24(26)27)13-11-17-10-12-21-22(14-17)29-15-28-21/h2-14H,15H2,1H3. The molecule has 0 aliphatic carbocycles. The van der Waals surface area contributed by atoms with Gasteiger partial charge in [-0.05, 0) is 54.5 Å². The quantitative estimate of drug-likeness (QED) is 0.520. The molecular formula is C24H18N2O3. The highest BCUT2D eigenvalue weighted by atomic mass is 16.7. The van der Waals surface area contributed by atoms with Crippen LogP contribution in [0.1, 0.15) is 17.0 Å². The molecule has 5 nitrogen and oxygen atoms in total. The summed E-state index contributed by atoms with van der Waals surface area (Å²) in [4.78, 5) is 18.1. The van der Waals surface area contributed by atoms with Gasteiger partial charge in [0.25, 0.3) is 5.56 Å². The molecule has 0 radical (unpaired) electrons. The molecule has 0 bridgehead atoms. The first kappa shape index (κ1) is 17.3. The van der Waals surface area contributed by atoms with E-state index in [1.165, 1.54) is 0 Å². The number of hydrogen-bond donors (Lipinski definition) is 0. The Morgan fingerprint density at radius 2 is 1.72 bits per heavy atom. The molecule has 0 unspecified atom stereocenters. The van der Waals surface area contributed by atoms with Crippen LogP contribution >= 0.6 is 0 Å². The van der Waals surface area contributed by atoms with Gasteiger partial charge in [0, 0.05) is 0 Å². The molecular weight excluding hydrogens is 364 g/mol. The first-order valence-electron chi connectivity index (χ1n) is 9.36. The van der Waals surface area contributed by atoms with E-state index in [-0.39, 0.29) is 12.4 Å². The topological polar surface area (TPSA) is 53.4 Å². The van der Waals surface area contributed by atoms with Crippen LogP contribution in [0.15, 0.2) is 71.5 Å². The van der Waals surface area contributed by atoms with Gasteiger partial charge in [0.2, 0.25) is 6.79 Å². The van der Waals surface area contributed by atoms with E-state index in [0.717, 1.165) is 28.3 Å². The van der Waals surface area contributed by atoms with Crippen LogP contribution in [-0.2, 0) is 0 Å². The summed E-state index contributed by atoms with van der Waals surface area (Å²) in [6.07, 6.45) is 3.78. The van der Waals surface area contributed by atoms with Crippen molar-refractivity contribution in [1.82, 2.24) is 9.55 Å². The van der Waals surface area contributed by atoms with Crippen molar-refractivity contribution in [1.29, 1.82) is 0 Å². The zero-order valence-electron chi connectivity index (χ0n) is 15.8. The first-order chi connectivity index (χ1) is 14.2. The van der Waals surface area contributed by atoms with Crippen molar-refractivity contribution in [3.63, 3.8) is 0 Å². The van der Waals surface area contributed by atoms with Crippen LogP contribution < -0.4 is 15.0 Å². The van der Waals surface area contributed by atoms with Crippen molar-refractivity contribution < 1.29 is 9.47 Å². The maximum atomic E-state index is 13.3. The van der Waals surface area contributed by atoms with E-state index in [1.807, 2.05) is 85.8 Å². The fourth-order valence-electron chi connectivity index (χ4n) is 3.50. The third-order valence-corrected chi connectivity index (χ3v) is 4.98. The molecule has 0 atom stereocenters. The number of benzene rings is 3. The fourth-order valence-corrected chi connectivity index (χ4v) is 3.50. The molecule has 142 valence electrons. The molecule has 0 saturated carbocycles. The highest BCUT2D eigenvalue weighted by Gasteiger charge is 2.14. The minimum absolute atomic E-state index is 0.0877. The second-order valence-electron chi connectivity index (χ2n) is 6.86. The Morgan fingerprint density at radius 3 is 2.62 bits per heavy atom. The monoisotopic (exact) mass is 382 g/mol. The van der Waals surface area contributed by atoms with E-state index in [9.17, 15) is 4.79 Å². The molecule has 2 heterocycles. The molecule has 1 aromatic heterocycles. The van der Waals surface area contributed by atoms with Gasteiger partial charge in [-0.3, -0.25) is 9.36 Å². The van der Waals surface area contributed by atoms with Gasteiger partial charge >= 0.3 is 0 Å². The van der Waals surface area contributed by atoms with Crippen molar-refractivity contribution in [2.75, 3.05) is 6.79 Å². The number of ether oxygens (including phenoxy) is 2. The average molecular weight is 382 g/mol. The van der Waals surface area contributed by atoms with Gasteiger partial charge < -0.3 is 9.47 Å². The Bertz CT molecular complexity index is 1320. The number of aromatic nitrogens is 2. The van der Waals surface area contributed by atoms with Gasteiger partial charge in [0.1, 0.15) is 5.82 Å². The smallest absolute Gasteiger partial charge is 0.266 e. The zero-order valence-corrected chi connectivity index (χ0v) is 15.8. The van der Waals surface area contributed by atoms with Gasteiger partial charge in [-0.2, -0.15) is 0 Å². The third-order valence-electron chi connectivity index (χ3n) is 4.98. The third kappa shape index (κ3) is 3.06. The van der Waals surface area contributed by atoms with E-state index in [2.05, 4.69) is 0 Å². The highest BCUT2D eigenvalue weighted by Crippen LogP contribution is 2.33. The van der Waals surface area contributed by atoms with Crippen LogP contribution in [0.2, 0.25) is 0 Å². The van der Waals surface area contributed by atoms with E-state index in [0.29, 0.717) is 16.7 Å². The number of hydrogen-bond acceptors (Lipinski definition) is 4. The van der Waals surface area contributed by atoms with Gasteiger partial charge in [0.15, 0.2) is 11.5 Å². The van der Waals surface area contributed by atoms with Crippen molar-refractivity contribution >= 4 is 23.1 Å². The zero-order chi connectivity index (χ0) is 19.8. The Kier molecular flexibility index (Phi) is 4.13. The summed E-state index contributed by atoms with van der Waals surface area (Å²) in [6.45, 7) is 2.23. The van der Waals surface area contributed by atoms with Crippen LogP contribution in [0, 0.1) is 6.92 Å². The molecule has 4 aromatic rings. The van der Waals surface area contributed by atoms with Gasteiger partial charge in [-0.15, -0.1) is 0 Å². The summed E-state index contributed by atoms with van der Waals surface area (Å²) >= 11 is 0. The second kappa shape index (κ2) is 6.95. The number of rotatable bonds is 3. The molecule has 5 heteroatoms. The lowest BCUT2D eigenvalue weighted by Crippen LogP contribution is -2.23. The van der Waals surface area contributed by atoms with Crippen LogP contribution in [0.25, 0.3) is 28.7 Å². The minimum Gasteiger partial charge on any atom is -0.454 e. The Balaban J connectivity index is 1.69.